The number of allylic oxidation sites excluding steroid dienone is 1. The summed E-state index contributed by atoms with van der Waals surface area (Å²) in [7, 11) is 0. The molecule has 0 bridgehead atoms. The molecule has 2 aromatic rings. The maximum Gasteiger partial charge on any atom is 0.273 e. The molecule has 1 aliphatic carbocycles. The van der Waals surface area contributed by atoms with Crippen molar-refractivity contribution in [2.24, 2.45) is 0 Å². The normalized spacial score (nSPS) is 15.3. The summed E-state index contributed by atoms with van der Waals surface area (Å²) in [5, 5.41) is 15.1. The van der Waals surface area contributed by atoms with E-state index in [9.17, 15) is 10.1 Å². The van der Waals surface area contributed by atoms with E-state index >= 15 is 0 Å². The van der Waals surface area contributed by atoms with E-state index in [4.69, 9.17) is 4.84 Å². The van der Waals surface area contributed by atoms with Crippen LogP contribution in [0.3, 0.4) is 0 Å². The molecule has 6 heteroatoms. The van der Waals surface area contributed by atoms with Crippen molar-refractivity contribution in [3.63, 3.8) is 0 Å². The predicted octanol–water partition coefficient (Wildman–Crippen LogP) is 2.77. The summed E-state index contributed by atoms with van der Waals surface area (Å²) in [6, 6.07) is 13.3. The van der Waals surface area contributed by atoms with Crippen molar-refractivity contribution < 1.29 is 9.76 Å². The smallest absolute Gasteiger partial charge is 0.269 e. The zero-order chi connectivity index (χ0) is 17.4. The zero-order valence-corrected chi connectivity index (χ0v) is 14.9. The van der Waals surface area contributed by atoms with Crippen molar-refractivity contribution in [3.05, 3.63) is 84.7 Å². The molecule has 2 aromatic carbocycles. The van der Waals surface area contributed by atoms with Gasteiger partial charge in [-0.3, -0.25) is 20.0 Å². The van der Waals surface area contributed by atoms with Gasteiger partial charge in [-0.05, 0) is 28.5 Å². The first kappa shape index (κ1) is 16.1. The van der Waals surface area contributed by atoms with Gasteiger partial charge in [0.25, 0.3) is 5.69 Å². The fourth-order valence-electron chi connectivity index (χ4n) is 3.28. The van der Waals surface area contributed by atoms with Crippen LogP contribution in [0.2, 0.25) is 0 Å². The highest BCUT2D eigenvalue weighted by Gasteiger charge is 2.24. The molecule has 0 radical (unpaired) electrons. The molecule has 1 aliphatic heterocycles. The summed E-state index contributed by atoms with van der Waals surface area (Å²) < 4.78 is 0.945. The van der Waals surface area contributed by atoms with Crippen molar-refractivity contribution in [1.29, 1.82) is 0 Å². The molecule has 5 nitrogen and oxygen atoms in total. The number of nitro benzene ring substituents is 1. The first-order valence-corrected chi connectivity index (χ1v) is 8.72. The number of halogens is 1. The molecule has 0 amide bonds. The van der Waals surface area contributed by atoms with Crippen molar-refractivity contribution >= 4 is 33.4 Å². The number of nitro groups is 1. The summed E-state index contributed by atoms with van der Waals surface area (Å²) in [5.41, 5.74) is 3.07. The van der Waals surface area contributed by atoms with Gasteiger partial charge in [0.15, 0.2) is 0 Å². The second-order valence-electron chi connectivity index (χ2n) is 6.04. The van der Waals surface area contributed by atoms with Crippen LogP contribution < -0.4 is 10.4 Å². The van der Waals surface area contributed by atoms with Gasteiger partial charge in [-0.2, -0.15) is 0 Å². The standard InChI is InChI=1S/C19H15BrN2O3/c20-16-8-15-11-21(25-12-13-4-2-1-3-5-13)10-14-6-7-18(22(23)24)17(9-16)19(14)15/h1-8,10H,9,11-12H2. The molecule has 0 aromatic heterocycles. The van der Waals surface area contributed by atoms with Crippen molar-refractivity contribution in [3.8, 4) is 0 Å². The van der Waals surface area contributed by atoms with Gasteiger partial charge < -0.3 is 0 Å². The number of hydrogen-bond donors (Lipinski definition) is 0. The van der Waals surface area contributed by atoms with E-state index in [0.717, 1.165) is 31.6 Å². The molecule has 0 saturated carbocycles. The third-order valence-corrected chi connectivity index (χ3v) is 4.87. The van der Waals surface area contributed by atoms with E-state index in [2.05, 4.69) is 15.9 Å². The van der Waals surface area contributed by atoms with E-state index < -0.39 is 0 Å². The largest absolute Gasteiger partial charge is 0.273 e. The van der Waals surface area contributed by atoms with Gasteiger partial charge in [-0.1, -0.05) is 46.3 Å². The van der Waals surface area contributed by atoms with Crippen molar-refractivity contribution in [2.45, 2.75) is 13.0 Å². The van der Waals surface area contributed by atoms with Gasteiger partial charge in [0.2, 0.25) is 0 Å². The molecular formula is C19H15BrN2O3. The quantitative estimate of drug-likeness (QED) is 0.586. The SMILES string of the molecule is O=[N+]([O-])c1ccc2c3c1CC(Br)=CC=3CN(OCc1ccccc1)C=2. The van der Waals surface area contributed by atoms with Crippen molar-refractivity contribution in [1.82, 2.24) is 5.06 Å². The molecule has 1 heterocycles. The number of hydroxylamine groups is 2. The van der Waals surface area contributed by atoms with Crippen LogP contribution in [0.4, 0.5) is 5.69 Å². The molecule has 4 rings (SSSR count). The van der Waals surface area contributed by atoms with Gasteiger partial charge in [0.1, 0.15) is 0 Å². The Kier molecular flexibility index (Phi) is 4.15. The minimum atomic E-state index is -0.308. The average molecular weight is 399 g/mol. The van der Waals surface area contributed by atoms with E-state index in [1.165, 1.54) is 0 Å². The van der Waals surface area contributed by atoms with Crippen LogP contribution in [0.1, 0.15) is 11.1 Å². The molecule has 0 unspecified atom stereocenters. The molecule has 0 fully saturated rings. The van der Waals surface area contributed by atoms with Crippen LogP contribution in [0.5, 0.6) is 0 Å². The molecule has 0 N–H and O–H groups in total. The Hall–Kier alpha value is -2.44. The number of hydrogen-bond acceptors (Lipinski definition) is 4. The maximum atomic E-state index is 11.3. The summed E-state index contributed by atoms with van der Waals surface area (Å²) >= 11 is 3.52. The summed E-state index contributed by atoms with van der Waals surface area (Å²) in [4.78, 5) is 16.9. The van der Waals surface area contributed by atoms with E-state index in [1.54, 1.807) is 17.2 Å². The third kappa shape index (κ3) is 3.10. The van der Waals surface area contributed by atoms with Gasteiger partial charge in [-0.15, -0.1) is 0 Å². The molecule has 126 valence electrons. The molecule has 0 atom stereocenters. The van der Waals surface area contributed by atoms with Crippen LogP contribution in [-0.4, -0.2) is 16.5 Å². The lowest BCUT2D eigenvalue weighted by molar-refractivity contribution is -0.385. The number of nitrogens with zero attached hydrogens (tertiary/aromatic N) is 2. The van der Waals surface area contributed by atoms with Gasteiger partial charge >= 0.3 is 0 Å². The Morgan fingerprint density at radius 1 is 1.20 bits per heavy atom. The Labute approximate surface area is 152 Å². The highest BCUT2D eigenvalue weighted by atomic mass is 79.9. The van der Waals surface area contributed by atoms with Crippen LogP contribution in [0, 0.1) is 10.1 Å². The van der Waals surface area contributed by atoms with Crippen LogP contribution in [0.25, 0.3) is 11.8 Å². The van der Waals surface area contributed by atoms with Crippen molar-refractivity contribution in [2.75, 3.05) is 6.54 Å². The fourth-order valence-corrected chi connectivity index (χ4v) is 3.84. The minimum absolute atomic E-state index is 0.174. The van der Waals surface area contributed by atoms with Crippen LogP contribution in [0.15, 0.2) is 53.0 Å². The van der Waals surface area contributed by atoms with Gasteiger partial charge in [0, 0.05) is 34.0 Å². The van der Waals surface area contributed by atoms with E-state index in [-0.39, 0.29) is 10.6 Å². The predicted molar refractivity (Wildman–Crippen MR) is 98.9 cm³/mol. The topological polar surface area (TPSA) is 55.6 Å². The minimum Gasteiger partial charge on any atom is -0.269 e. The Morgan fingerprint density at radius 3 is 2.76 bits per heavy atom. The summed E-state index contributed by atoms with van der Waals surface area (Å²) in [6.07, 6.45) is 4.51. The molecule has 2 aliphatic rings. The maximum absolute atomic E-state index is 11.3. The zero-order valence-electron chi connectivity index (χ0n) is 13.3. The summed E-state index contributed by atoms with van der Waals surface area (Å²) in [5.74, 6) is 0. The highest BCUT2D eigenvalue weighted by Crippen LogP contribution is 2.26. The van der Waals surface area contributed by atoms with E-state index in [1.807, 2.05) is 42.6 Å². The summed E-state index contributed by atoms with van der Waals surface area (Å²) in [6.45, 7) is 1.04. The Balaban J connectivity index is 1.71. The molecular weight excluding hydrogens is 384 g/mol. The second-order valence-corrected chi connectivity index (χ2v) is 7.06. The monoisotopic (exact) mass is 398 g/mol. The number of benzene rings is 2. The first-order chi connectivity index (χ1) is 12.1. The lowest BCUT2D eigenvalue weighted by Gasteiger charge is -2.26. The van der Waals surface area contributed by atoms with Gasteiger partial charge in [-0.25, -0.2) is 0 Å². The lowest BCUT2D eigenvalue weighted by Crippen LogP contribution is -2.42. The molecule has 0 saturated heterocycles. The molecule has 0 spiro atoms. The third-order valence-electron chi connectivity index (χ3n) is 4.36. The average Bonchev–Trinajstić information content (AvgIpc) is 2.60. The highest BCUT2D eigenvalue weighted by molar-refractivity contribution is 9.11. The van der Waals surface area contributed by atoms with Gasteiger partial charge in [0.05, 0.1) is 18.1 Å². The first-order valence-electron chi connectivity index (χ1n) is 7.93. The van der Waals surface area contributed by atoms with Crippen LogP contribution in [-0.2, 0) is 17.9 Å². The fraction of sp³-hybridized carbons (Fsp3) is 0.158. The lowest BCUT2D eigenvalue weighted by atomic mass is 9.94. The van der Waals surface area contributed by atoms with Crippen LogP contribution >= 0.6 is 15.9 Å². The molecule has 25 heavy (non-hydrogen) atoms. The Bertz CT molecular complexity index is 999. The Morgan fingerprint density at radius 2 is 2.00 bits per heavy atom. The number of rotatable bonds is 4. The second kappa shape index (κ2) is 6.46. The van der Waals surface area contributed by atoms with E-state index in [0.29, 0.717) is 19.6 Å².